The minimum atomic E-state index is 0.408. The van der Waals surface area contributed by atoms with Gasteiger partial charge in [0.2, 0.25) is 0 Å². The number of benzene rings is 1. The monoisotopic (exact) mass is 202 g/mol. The van der Waals surface area contributed by atoms with Gasteiger partial charge >= 0.3 is 0 Å². The first-order valence-electron chi connectivity index (χ1n) is 5.30. The van der Waals surface area contributed by atoms with E-state index in [9.17, 15) is 0 Å². The second kappa shape index (κ2) is 5.53. The Balaban J connectivity index is 2.66. The molecule has 0 radical (unpaired) electrons. The first-order chi connectivity index (χ1) is 7.13. The smallest absolute Gasteiger partial charge is 0.0871 e. The SMILES string of the molecule is Cc1ccc(CN(CC#N)C(C)C)cc1. The number of hydrogen-bond donors (Lipinski definition) is 0. The van der Waals surface area contributed by atoms with Crippen molar-refractivity contribution in [2.45, 2.75) is 33.4 Å². The van der Waals surface area contributed by atoms with E-state index < -0.39 is 0 Å². The molecule has 0 N–H and O–H groups in total. The fourth-order valence-corrected chi connectivity index (χ4v) is 1.44. The van der Waals surface area contributed by atoms with Gasteiger partial charge in [-0.2, -0.15) is 5.26 Å². The normalized spacial score (nSPS) is 10.7. The van der Waals surface area contributed by atoms with E-state index in [-0.39, 0.29) is 0 Å². The average molecular weight is 202 g/mol. The standard InChI is InChI=1S/C13H18N2/c1-11(2)15(9-8-14)10-13-6-4-12(3)5-7-13/h4-7,11H,9-10H2,1-3H3. The highest BCUT2D eigenvalue weighted by Gasteiger charge is 2.08. The van der Waals surface area contributed by atoms with Crippen molar-refractivity contribution >= 4 is 0 Å². The third-order valence-electron chi connectivity index (χ3n) is 2.51. The maximum atomic E-state index is 8.72. The third kappa shape index (κ3) is 3.73. The molecule has 2 heteroatoms. The van der Waals surface area contributed by atoms with Crippen LogP contribution < -0.4 is 0 Å². The van der Waals surface area contributed by atoms with Crippen LogP contribution in [0.3, 0.4) is 0 Å². The molecule has 0 saturated heterocycles. The van der Waals surface area contributed by atoms with Crippen molar-refractivity contribution in [1.82, 2.24) is 4.90 Å². The van der Waals surface area contributed by atoms with Crippen molar-refractivity contribution in [2.24, 2.45) is 0 Å². The largest absolute Gasteiger partial charge is 0.284 e. The molecular formula is C13H18N2. The lowest BCUT2D eigenvalue weighted by Crippen LogP contribution is -2.30. The lowest BCUT2D eigenvalue weighted by atomic mass is 10.1. The highest BCUT2D eigenvalue weighted by atomic mass is 15.1. The van der Waals surface area contributed by atoms with Crippen LogP contribution >= 0.6 is 0 Å². The van der Waals surface area contributed by atoms with Gasteiger partial charge in [0.05, 0.1) is 12.6 Å². The first-order valence-corrected chi connectivity index (χ1v) is 5.30. The number of aryl methyl sites for hydroxylation is 1. The van der Waals surface area contributed by atoms with E-state index in [1.54, 1.807) is 0 Å². The number of nitrogens with zero attached hydrogens (tertiary/aromatic N) is 2. The van der Waals surface area contributed by atoms with Gasteiger partial charge in [-0.05, 0) is 26.3 Å². The fraction of sp³-hybridized carbons (Fsp3) is 0.462. The predicted octanol–water partition coefficient (Wildman–Crippen LogP) is 2.73. The van der Waals surface area contributed by atoms with Gasteiger partial charge in [-0.3, -0.25) is 4.90 Å². The van der Waals surface area contributed by atoms with Gasteiger partial charge in [-0.15, -0.1) is 0 Å². The Kier molecular flexibility index (Phi) is 4.33. The van der Waals surface area contributed by atoms with Crippen LogP contribution in [-0.2, 0) is 6.54 Å². The minimum Gasteiger partial charge on any atom is -0.284 e. The lowest BCUT2D eigenvalue weighted by molar-refractivity contribution is 0.240. The Morgan fingerprint density at radius 3 is 2.33 bits per heavy atom. The van der Waals surface area contributed by atoms with Crippen LogP contribution in [0.5, 0.6) is 0 Å². The molecule has 1 rings (SSSR count). The van der Waals surface area contributed by atoms with Crippen LogP contribution in [-0.4, -0.2) is 17.5 Å². The molecular weight excluding hydrogens is 184 g/mol. The van der Waals surface area contributed by atoms with Crippen molar-refractivity contribution < 1.29 is 0 Å². The van der Waals surface area contributed by atoms with Crippen molar-refractivity contribution in [3.63, 3.8) is 0 Å². The quantitative estimate of drug-likeness (QED) is 0.702. The van der Waals surface area contributed by atoms with Gasteiger partial charge in [0.25, 0.3) is 0 Å². The molecule has 0 amide bonds. The predicted molar refractivity (Wildman–Crippen MR) is 62.3 cm³/mol. The molecule has 0 aliphatic carbocycles. The van der Waals surface area contributed by atoms with Crippen LogP contribution in [0.25, 0.3) is 0 Å². The summed E-state index contributed by atoms with van der Waals surface area (Å²) in [5.74, 6) is 0. The molecule has 15 heavy (non-hydrogen) atoms. The average Bonchev–Trinajstić information content (AvgIpc) is 2.20. The highest BCUT2D eigenvalue weighted by Crippen LogP contribution is 2.09. The topological polar surface area (TPSA) is 27.0 Å². The Morgan fingerprint density at radius 1 is 1.27 bits per heavy atom. The Bertz CT molecular complexity index is 333. The molecule has 0 spiro atoms. The molecule has 2 nitrogen and oxygen atoms in total. The molecule has 0 aliphatic rings. The third-order valence-corrected chi connectivity index (χ3v) is 2.51. The molecule has 0 fully saturated rings. The van der Waals surface area contributed by atoms with Crippen LogP contribution in [0.4, 0.5) is 0 Å². The molecule has 0 saturated carbocycles. The maximum absolute atomic E-state index is 8.72. The molecule has 0 heterocycles. The van der Waals surface area contributed by atoms with E-state index in [0.717, 1.165) is 6.54 Å². The molecule has 0 aliphatic heterocycles. The summed E-state index contributed by atoms with van der Waals surface area (Å²) in [6.07, 6.45) is 0. The lowest BCUT2D eigenvalue weighted by Gasteiger charge is -2.23. The molecule has 1 aromatic rings. The summed E-state index contributed by atoms with van der Waals surface area (Å²) < 4.78 is 0. The summed E-state index contributed by atoms with van der Waals surface area (Å²) in [5.41, 5.74) is 2.54. The Hall–Kier alpha value is -1.33. The van der Waals surface area contributed by atoms with Crippen molar-refractivity contribution in [1.29, 1.82) is 5.26 Å². The zero-order chi connectivity index (χ0) is 11.3. The number of rotatable bonds is 4. The van der Waals surface area contributed by atoms with Crippen molar-refractivity contribution in [3.05, 3.63) is 35.4 Å². The van der Waals surface area contributed by atoms with E-state index in [0.29, 0.717) is 12.6 Å². The minimum absolute atomic E-state index is 0.408. The molecule has 0 atom stereocenters. The molecule has 0 aromatic heterocycles. The number of hydrogen-bond acceptors (Lipinski definition) is 2. The van der Waals surface area contributed by atoms with Crippen LogP contribution in [0.1, 0.15) is 25.0 Å². The zero-order valence-corrected chi connectivity index (χ0v) is 9.70. The van der Waals surface area contributed by atoms with E-state index in [1.807, 2.05) is 0 Å². The second-order valence-electron chi connectivity index (χ2n) is 4.14. The second-order valence-corrected chi connectivity index (χ2v) is 4.14. The van der Waals surface area contributed by atoms with Gasteiger partial charge in [0.15, 0.2) is 0 Å². The summed E-state index contributed by atoms with van der Waals surface area (Å²) in [5, 5.41) is 8.72. The summed E-state index contributed by atoms with van der Waals surface area (Å²) in [6.45, 7) is 7.66. The summed E-state index contributed by atoms with van der Waals surface area (Å²) in [4.78, 5) is 2.16. The summed E-state index contributed by atoms with van der Waals surface area (Å²) >= 11 is 0. The van der Waals surface area contributed by atoms with E-state index in [4.69, 9.17) is 5.26 Å². The van der Waals surface area contributed by atoms with Crippen molar-refractivity contribution in [3.8, 4) is 6.07 Å². The summed E-state index contributed by atoms with van der Waals surface area (Å²) in [7, 11) is 0. The Labute approximate surface area is 92.1 Å². The zero-order valence-electron chi connectivity index (χ0n) is 9.70. The van der Waals surface area contributed by atoms with Gasteiger partial charge < -0.3 is 0 Å². The van der Waals surface area contributed by atoms with Crippen LogP contribution in [0.15, 0.2) is 24.3 Å². The van der Waals surface area contributed by atoms with Gasteiger partial charge in [-0.1, -0.05) is 29.8 Å². The van der Waals surface area contributed by atoms with Gasteiger partial charge in [0, 0.05) is 12.6 Å². The summed E-state index contributed by atoms with van der Waals surface area (Å²) in [6, 6.07) is 11.1. The van der Waals surface area contributed by atoms with Gasteiger partial charge in [-0.25, -0.2) is 0 Å². The van der Waals surface area contributed by atoms with E-state index >= 15 is 0 Å². The molecule has 80 valence electrons. The van der Waals surface area contributed by atoms with Crippen LogP contribution in [0.2, 0.25) is 0 Å². The number of nitriles is 1. The van der Waals surface area contributed by atoms with Gasteiger partial charge in [0.1, 0.15) is 0 Å². The molecule has 0 unspecified atom stereocenters. The highest BCUT2D eigenvalue weighted by molar-refractivity contribution is 5.21. The maximum Gasteiger partial charge on any atom is 0.0871 e. The molecule has 1 aromatic carbocycles. The van der Waals surface area contributed by atoms with Crippen molar-refractivity contribution in [2.75, 3.05) is 6.54 Å². The first kappa shape index (κ1) is 11.7. The molecule has 0 bridgehead atoms. The van der Waals surface area contributed by atoms with E-state index in [1.165, 1.54) is 11.1 Å². The van der Waals surface area contributed by atoms with Crippen LogP contribution in [0, 0.1) is 18.3 Å². The Morgan fingerprint density at radius 2 is 1.87 bits per heavy atom. The van der Waals surface area contributed by atoms with E-state index in [2.05, 4.69) is 56.0 Å². The fourth-order valence-electron chi connectivity index (χ4n) is 1.44.